The van der Waals surface area contributed by atoms with E-state index in [1.165, 1.54) is 10.9 Å². The minimum atomic E-state index is -0.348. The number of aryl methyl sites for hydroxylation is 1. The summed E-state index contributed by atoms with van der Waals surface area (Å²) in [6, 6.07) is 18.5. The number of para-hydroxylation sites is 1. The van der Waals surface area contributed by atoms with E-state index in [-0.39, 0.29) is 22.4 Å². The maximum absolute atomic E-state index is 11.8. The average Bonchev–Trinajstić information content (AvgIpc) is 3.39. The maximum atomic E-state index is 11.8. The second kappa shape index (κ2) is 8.82. The summed E-state index contributed by atoms with van der Waals surface area (Å²) in [5.74, 6) is 1.62. The molecular formula is C25H25N3O3S. The quantitative estimate of drug-likeness (QED) is 0.601. The van der Waals surface area contributed by atoms with E-state index in [2.05, 4.69) is 41.4 Å². The lowest BCUT2D eigenvalue weighted by Gasteiger charge is -2.26. The van der Waals surface area contributed by atoms with E-state index in [4.69, 9.17) is 9.72 Å². The van der Waals surface area contributed by atoms with Gasteiger partial charge in [0.25, 0.3) is 5.24 Å². The number of pyridine rings is 1. The first-order valence-electron chi connectivity index (χ1n) is 10.9. The fraction of sp³-hybridized carbons (Fsp3) is 0.320. The number of thioether (sulfide) groups is 1. The molecule has 7 heteroatoms. The van der Waals surface area contributed by atoms with Gasteiger partial charge in [-0.15, -0.1) is 0 Å². The number of nitrogens with one attached hydrogen (secondary N) is 1. The largest absolute Gasteiger partial charge is 0.491 e. The van der Waals surface area contributed by atoms with Crippen LogP contribution in [0.25, 0.3) is 10.9 Å². The van der Waals surface area contributed by atoms with Gasteiger partial charge >= 0.3 is 0 Å². The molecule has 0 bridgehead atoms. The number of imide groups is 1. The van der Waals surface area contributed by atoms with Crippen molar-refractivity contribution in [2.75, 3.05) is 18.1 Å². The minimum Gasteiger partial charge on any atom is -0.491 e. The summed E-state index contributed by atoms with van der Waals surface area (Å²) in [5.41, 5.74) is 3.28. The molecule has 2 aliphatic heterocycles. The minimum absolute atomic E-state index is 0.209. The van der Waals surface area contributed by atoms with Crippen LogP contribution in [0.2, 0.25) is 0 Å². The van der Waals surface area contributed by atoms with Crippen LogP contribution >= 0.6 is 11.8 Å². The van der Waals surface area contributed by atoms with Gasteiger partial charge in [-0.3, -0.25) is 14.9 Å². The number of aromatic nitrogens is 1. The molecule has 2 amide bonds. The van der Waals surface area contributed by atoms with Crippen LogP contribution in [-0.4, -0.2) is 40.6 Å². The number of carbonyl (C=O) groups is 2. The van der Waals surface area contributed by atoms with Crippen molar-refractivity contribution in [2.24, 2.45) is 0 Å². The van der Waals surface area contributed by atoms with Crippen LogP contribution in [-0.2, 0) is 11.2 Å². The Hall–Kier alpha value is -3.06. The number of anilines is 1. The topological polar surface area (TPSA) is 71.5 Å². The number of hydrogen-bond donors (Lipinski definition) is 1. The highest BCUT2D eigenvalue weighted by Crippen LogP contribution is 2.29. The molecule has 0 aliphatic carbocycles. The summed E-state index contributed by atoms with van der Waals surface area (Å²) < 4.78 is 6.11. The third-order valence-corrected chi connectivity index (χ3v) is 7.12. The van der Waals surface area contributed by atoms with Gasteiger partial charge in [0.15, 0.2) is 0 Å². The van der Waals surface area contributed by atoms with Gasteiger partial charge in [-0.1, -0.05) is 42.1 Å². The Labute approximate surface area is 191 Å². The van der Waals surface area contributed by atoms with Crippen LogP contribution in [0.4, 0.5) is 10.6 Å². The summed E-state index contributed by atoms with van der Waals surface area (Å²) >= 11 is 1.06. The number of benzene rings is 2. The molecule has 1 unspecified atom stereocenters. The molecule has 3 heterocycles. The number of nitrogens with zero attached hydrogens (tertiary/aromatic N) is 2. The Morgan fingerprint density at radius 2 is 1.97 bits per heavy atom. The molecule has 6 nitrogen and oxygen atoms in total. The fourth-order valence-corrected chi connectivity index (χ4v) is 5.30. The van der Waals surface area contributed by atoms with Crippen LogP contribution in [0.15, 0.2) is 54.6 Å². The zero-order chi connectivity index (χ0) is 22.1. The van der Waals surface area contributed by atoms with Gasteiger partial charge in [-0.05, 0) is 61.6 Å². The molecule has 3 aromatic rings. The predicted molar refractivity (Wildman–Crippen MR) is 127 cm³/mol. The van der Waals surface area contributed by atoms with E-state index in [9.17, 15) is 9.59 Å². The van der Waals surface area contributed by atoms with Crippen LogP contribution in [0.5, 0.6) is 5.75 Å². The highest BCUT2D eigenvalue weighted by atomic mass is 32.2. The van der Waals surface area contributed by atoms with Crippen LogP contribution < -0.4 is 15.0 Å². The molecule has 0 spiro atoms. The number of amides is 2. The van der Waals surface area contributed by atoms with Gasteiger partial charge in [0.05, 0.1) is 16.8 Å². The molecule has 2 saturated heterocycles. The van der Waals surface area contributed by atoms with Crippen molar-refractivity contribution < 1.29 is 14.3 Å². The van der Waals surface area contributed by atoms with Gasteiger partial charge in [0, 0.05) is 11.9 Å². The normalized spacial score (nSPS) is 20.7. The highest BCUT2D eigenvalue weighted by molar-refractivity contribution is 8.15. The lowest BCUT2D eigenvalue weighted by molar-refractivity contribution is -0.118. The highest BCUT2D eigenvalue weighted by Gasteiger charge is 2.31. The lowest BCUT2D eigenvalue weighted by atomic mass is 10.1. The van der Waals surface area contributed by atoms with E-state index in [0.29, 0.717) is 13.0 Å². The van der Waals surface area contributed by atoms with Crippen LogP contribution in [0, 0.1) is 6.92 Å². The third kappa shape index (κ3) is 4.30. The van der Waals surface area contributed by atoms with E-state index < -0.39 is 0 Å². The Morgan fingerprint density at radius 3 is 2.75 bits per heavy atom. The van der Waals surface area contributed by atoms with E-state index in [1.54, 1.807) is 0 Å². The molecule has 1 aromatic heterocycles. The van der Waals surface area contributed by atoms with Gasteiger partial charge in [-0.2, -0.15) is 0 Å². The van der Waals surface area contributed by atoms with Crippen molar-refractivity contribution in [2.45, 2.75) is 37.5 Å². The molecule has 0 radical (unpaired) electrons. The third-order valence-electron chi connectivity index (χ3n) is 6.13. The predicted octanol–water partition coefficient (Wildman–Crippen LogP) is 4.49. The number of carbonyl (C=O) groups excluding carboxylic acids is 2. The van der Waals surface area contributed by atoms with Gasteiger partial charge in [0.1, 0.15) is 18.2 Å². The summed E-state index contributed by atoms with van der Waals surface area (Å²) in [5, 5.41) is 2.91. The van der Waals surface area contributed by atoms with Crippen molar-refractivity contribution in [3.63, 3.8) is 0 Å². The second-order valence-corrected chi connectivity index (χ2v) is 9.52. The smallest absolute Gasteiger partial charge is 0.286 e. The average molecular weight is 448 g/mol. The Bertz CT molecular complexity index is 1160. The molecule has 2 aromatic carbocycles. The van der Waals surface area contributed by atoms with Crippen molar-refractivity contribution in [3.05, 3.63) is 65.7 Å². The van der Waals surface area contributed by atoms with Gasteiger partial charge in [-0.25, -0.2) is 4.98 Å². The van der Waals surface area contributed by atoms with Gasteiger partial charge in [0.2, 0.25) is 5.91 Å². The molecule has 1 N–H and O–H groups in total. The summed E-state index contributed by atoms with van der Waals surface area (Å²) in [6.45, 7) is 3.72. The van der Waals surface area contributed by atoms with Crippen LogP contribution in [0.1, 0.15) is 24.0 Å². The molecule has 164 valence electrons. The molecule has 2 fully saturated rings. The maximum Gasteiger partial charge on any atom is 0.286 e. The number of fused-ring (bicyclic) bond motifs is 1. The zero-order valence-corrected chi connectivity index (χ0v) is 18.7. The molecular weight excluding hydrogens is 422 g/mol. The Kier molecular flexibility index (Phi) is 5.74. The van der Waals surface area contributed by atoms with Gasteiger partial charge < -0.3 is 9.64 Å². The number of hydrogen-bond acceptors (Lipinski definition) is 6. The summed E-state index contributed by atoms with van der Waals surface area (Å²) in [6.07, 6.45) is 2.74. The lowest BCUT2D eigenvalue weighted by Crippen LogP contribution is -2.34. The monoisotopic (exact) mass is 447 g/mol. The first-order chi connectivity index (χ1) is 15.6. The fourth-order valence-electron chi connectivity index (χ4n) is 4.45. The molecule has 0 saturated carbocycles. The summed E-state index contributed by atoms with van der Waals surface area (Å²) in [4.78, 5) is 30.4. The Morgan fingerprint density at radius 1 is 1.16 bits per heavy atom. The number of ether oxygens (including phenoxy) is 1. The molecule has 2 aliphatic rings. The van der Waals surface area contributed by atoms with Crippen molar-refractivity contribution in [3.8, 4) is 5.75 Å². The SMILES string of the molecule is Cc1cc(N2CCC[C@H]2COc2ccc(CC3SC(=O)NC3=O)cc2)nc2ccccc12. The van der Waals surface area contributed by atoms with Crippen molar-refractivity contribution >= 4 is 39.6 Å². The first-order valence-corrected chi connectivity index (χ1v) is 11.8. The van der Waals surface area contributed by atoms with Crippen molar-refractivity contribution in [1.29, 1.82) is 0 Å². The van der Waals surface area contributed by atoms with Crippen molar-refractivity contribution in [1.82, 2.24) is 10.3 Å². The Balaban J connectivity index is 1.23. The zero-order valence-electron chi connectivity index (χ0n) is 17.9. The standard InChI is InChI=1S/C25H25N3O3S/c1-16-13-23(26-21-7-3-2-6-20(16)21)28-12-4-5-18(28)15-31-19-10-8-17(9-11-19)14-22-24(29)27-25(30)32-22/h2-3,6-11,13,18,22H,4-5,12,14-15H2,1H3,(H,27,29,30)/t18-,22?/m0/s1. The molecule has 2 atom stereocenters. The molecule has 32 heavy (non-hydrogen) atoms. The molecule has 5 rings (SSSR count). The van der Waals surface area contributed by atoms with E-state index in [1.807, 2.05) is 30.3 Å². The van der Waals surface area contributed by atoms with E-state index in [0.717, 1.165) is 53.8 Å². The summed E-state index contributed by atoms with van der Waals surface area (Å²) in [7, 11) is 0. The van der Waals surface area contributed by atoms with E-state index >= 15 is 0 Å². The number of rotatable bonds is 6. The second-order valence-electron chi connectivity index (χ2n) is 8.35. The van der Waals surface area contributed by atoms with Crippen LogP contribution in [0.3, 0.4) is 0 Å². The first kappa shape index (κ1) is 20.8.